The van der Waals surface area contributed by atoms with Gasteiger partial charge < -0.3 is 15.5 Å². The summed E-state index contributed by atoms with van der Waals surface area (Å²) in [5, 5.41) is 10.9. The average molecular weight is 343 g/mol. The lowest BCUT2D eigenvalue weighted by Crippen LogP contribution is -2.39. The van der Waals surface area contributed by atoms with Crippen LogP contribution in [-0.4, -0.2) is 59.4 Å². The molecule has 2 rings (SSSR count). The zero-order valence-corrected chi connectivity index (χ0v) is 15.6. The number of aliphatic imine (C=N–C) groups is 1. The third-order valence-corrected chi connectivity index (χ3v) is 3.90. The summed E-state index contributed by atoms with van der Waals surface area (Å²) in [5.41, 5.74) is 2.24. The van der Waals surface area contributed by atoms with Crippen molar-refractivity contribution in [3.05, 3.63) is 48.0 Å². The normalized spacial score (nSPS) is 13.1. The predicted octanol–water partition coefficient (Wildman–Crippen LogP) is 1.22. The van der Waals surface area contributed by atoms with Crippen LogP contribution in [0, 0.1) is 0 Å². The first-order chi connectivity index (χ1) is 12.1. The maximum atomic E-state index is 4.75. The van der Waals surface area contributed by atoms with Crippen molar-refractivity contribution in [1.82, 2.24) is 30.3 Å². The highest BCUT2D eigenvalue weighted by Crippen LogP contribution is 2.17. The summed E-state index contributed by atoms with van der Waals surface area (Å²) in [7, 11) is 6.06. The van der Waals surface area contributed by atoms with Crippen LogP contribution >= 0.6 is 0 Å². The number of nitrogens with one attached hydrogen (secondary N) is 2. The molecular weight excluding hydrogens is 314 g/mol. The van der Waals surface area contributed by atoms with Crippen molar-refractivity contribution in [3.8, 4) is 0 Å². The Bertz CT molecular complexity index is 648. The van der Waals surface area contributed by atoms with E-state index in [2.05, 4.69) is 46.6 Å². The van der Waals surface area contributed by atoms with E-state index in [9.17, 15) is 0 Å². The number of nitrogens with zero attached hydrogens (tertiary/aromatic N) is 5. The molecule has 0 aliphatic rings. The van der Waals surface area contributed by atoms with Gasteiger partial charge in [-0.15, -0.1) is 0 Å². The summed E-state index contributed by atoms with van der Waals surface area (Å²) in [4.78, 5) is 11.3. The second-order valence-corrected chi connectivity index (χ2v) is 6.14. The van der Waals surface area contributed by atoms with Crippen LogP contribution in [0.4, 0.5) is 0 Å². The highest BCUT2D eigenvalue weighted by Gasteiger charge is 2.15. The summed E-state index contributed by atoms with van der Waals surface area (Å²) in [6, 6.07) is 6.18. The van der Waals surface area contributed by atoms with Crippen LogP contribution in [0.2, 0.25) is 0 Å². The molecule has 0 saturated carbocycles. The smallest absolute Gasteiger partial charge is 0.191 e. The number of likely N-dealkylation sites (N-methyl/N-ethyl adjacent to an activating group) is 1. The zero-order chi connectivity index (χ0) is 18.1. The minimum atomic E-state index is 0.194. The SMILES string of the molecule is CCNC(=NCC(c1cnn(C)c1)N(C)C)NCCc1ccccn1. The van der Waals surface area contributed by atoms with Crippen LogP contribution in [0.25, 0.3) is 0 Å². The first-order valence-electron chi connectivity index (χ1n) is 8.67. The van der Waals surface area contributed by atoms with Crippen LogP contribution < -0.4 is 10.6 Å². The summed E-state index contributed by atoms with van der Waals surface area (Å²) in [6.45, 7) is 4.36. The number of aryl methyl sites for hydroxylation is 1. The van der Waals surface area contributed by atoms with Gasteiger partial charge in [-0.1, -0.05) is 6.07 Å². The van der Waals surface area contributed by atoms with Crippen LogP contribution in [0.1, 0.15) is 24.2 Å². The maximum Gasteiger partial charge on any atom is 0.191 e. The van der Waals surface area contributed by atoms with Crippen molar-refractivity contribution in [3.63, 3.8) is 0 Å². The zero-order valence-electron chi connectivity index (χ0n) is 15.6. The highest BCUT2D eigenvalue weighted by molar-refractivity contribution is 5.79. The van der Waals surface area contributed by atoms with E-state index < -0.39 is 0 Å². The van der Waals surface area contributed by atoms with Crippen molar-refractivity contribution in [2.75, 3.05) is 33.7 Å². The van der Waals surface area contributed by atoms with Crippen molar-refractivity contribution in [2.45, 2.75) is 19.4 Å². The monoisotopic (exact) mass is 343 g/mol. The van der Waals surface area contributed by atoms with Crippen molar-refractivity contribution in [1.29, 1.82) is 0 Å². The van der Waals surface area contributed by atoms with E-state index in [4.69, 9.17) is 4.99 Å². The Morgan fingerprint density at radius 1 is 1.32 bits per heavy atom. The molecule has 0 radical (unpaired) electrons. The van der Waals surface area contributed by atoms with E-state index in [1.54, 1.807) is 0 Å². The van der Waals surface area contributed by atoms with Crippen molar-refractivity contribution < 1.29 is 0 Å². The molecule has 2 heterocycles. The average Bonchev–Trinajstić information content (AvgIpc) is 3.02. The molecule has 0 bridgehead atoms. The van der Waals surface area contributed by atoms with Crippen LogP contribution in [-0.2, 0) is 13.5 Å². The molecule has 2 N–H and O–H groups in total. The Kier molecular flexibility index (Phi) is 7.40. The van der Waals surface area contributed by atoms with E-state index in [0.29, 0.717) is 6.54 Å². The minimum Gasteiger partial charge on any atom is -0.357 e. The summed E-state index contributed by atoms with van der Waals surface area (Å²) >= 11 is 0. The van der Waals surface area contributed by atoms with Gasteiger partial charge in [-0.25, -0.2) is 0 Å². The first kappa shape index (κ1) is 18.9. The summed E-state index contributed by atoms with van der Waals surface area (Å²) < 4.78 is 1.83. The molecule has 1 unspecified atom stereocenters. The first-order valence-corrected chi connectivity index (χ1v) is 8.67. The molecule has 0 fully saturated rings. The minimum absolute atomic E-state index is 0.194. The molecule has 0 aromatic carbocycles. The van der Waals surface area contributed by atoms with Gasteiger partial charge in [0.25, 0.3) is 0 Å². The molecule has 7 nitrogen and oxygen atoms in total. The molecule has 2 aromatic heterocycles. The van der Waals surface area contributed by atoms with Gasteiger partial charge in [0.15, 0.2) is 5.96 Å². The van der Waals surface area contributed by atoms with E-state index in [1.807, 2.05) is 48.5 Å². The molecular formula is C18H29N7. The lowest BCUT2D eigenvalue weighted by molar-refractivity contribution is 0.306. The van der Waals surface area contributed by atoms with Gasteiger partial charge in [-0.3, -0.25) is 14.7 Å². The van der Waals surface area contributed by atoms with Gasteiger partial charge >= 0.3 is 0 Å². The fourth-order valence-corrected chi connectivity index (χ4v) is 2.55. The third-order valence-electron chi connectivity index (χ3n) is 3.90. The number of guanidine groups is 1. The van der Waals surface area contributed by atoms with E-state index in [-0.39, 0.29) is 6.04 Å². The Hall–Kier alpha value is -2.41. The van der Waals surface area contributed by atoms with E-state index in [1.165, 1.54) is 5.56 Å². The Morgan fingerprint density at radius 3 is 2.76 bits per heavy atom. The van der Waals surface area contributed by atoms with Crippen molar-refractivity contribution in [2.24, 2.45) is 12.0 Å². The van der Waals surface area contributed by atoms with Gasteiger partial charge in [0.1, 0.15) is 0 Å². The Balaban J connectivity index is 1.94. The molecule has 1 atom stereocenters. The molecule has 2 aromatic rings. The number of rotatable bonds is 8. The van der Waals surface area contributed by atoms with E-state index >= 15 is 0 Å². The van der Waals surface area contributed by atoms with Crippen LogP contribution in [0.15, 0.2) is 41.8 Å². The van der Waals surface area contributed by atoms with Gasteiger partial charge in [0.05, 0.1) is 18.8 Å². The van der Waals surface area contributed by atoms with Gasteiger partial charge in [0, 0.05) is 50.2 Å². The van der Waals surface area contributed by atoms with Crippen LogP contribution in [0.5, 0.6) is 0 Å². The fourth-order valence-electron chi connectivity index (χ4n) is 2.55. The second-order valence-electron chi connectivity index (χ2n) is 6.14. The summed E-state index contributed by atoms with van der Waals surface area (Å²) in [5.74, 6) is 0.828. The van der Waals surface area contributed by atoms with Crippen molar-refractivity contribution >= 4 is 5.96 Å². The molecule has 0 aliphatic heterocycles. The highest BCUT2D eigenvalue weighted by atomic mass is 15.2. The predicted molar refractivity (Wildman–Crippen MR) is 102 cm³/mol. The molecule has 0 amide bonds. The molecule has 0 spiro atoms. The molecule has 7 heteroatoms. The van der Waals surface area contributed by atoms with Gasteiger partial charge in [0.2, 0.25) is 0 Å². The number of hydrogen-bond acceptors (Lipinski definition) is 4. The number of pyridine rings is 1. The summed E-state index contributed by atoms with van der Waals surface area (Å²) in [6.07, 6.45) is 6.64. The Morgan fingerprint density at radius 2 is 2.16 bits per heavy atom. The lowest BCUT2D eigenvalue weighted by atomic mass is 10.1. The molecule has 25 heavy (non-hydrogen) atoms. The van der Waals surface area contributed by atoms with Gasteiger partial charge in [-0.05, 0) is 33.2 Å². The molecule has 136 valence electrons. The second kappa shape index (κ2) is 9.78. The number of aromatic nitrogens is 3. The lowest BCUT2D eigenvalue weighted by Gasteiger charge is -2.22. The Labute approximate surface area is 150 Å². The third kappa shape index (κ3) is 6.19. The van der Waals surface area contributed by atoms with E-state index in [0.717, 1.165) is 31.2 Å². The molecule has 0 aliphatic carbocycles. The fraction of sp³-hybridized carbons (Fsp3) is 0.500. The quantitative estimate of drug-likeness (QED) is 0.557. The maximum absolute atomic E-state index is 4.75. The van der Waals surface area contributed by atoms with Crippen LogP contribution in [0.3, 0.4) is 0 Å². The standard InChI is InChI=1S/C18H29N7/c1-5-19-18(21-11-9-16-8-6-7-10-20-16)22-13-17(24(2)3)15-12-23-25(4)14-15/h6-8,10,12,14,17H,5,9,11,13H2,1-4H3,(H2,19,21,22). The topological polar surface area (TPSA) is 70.4 Å². The largest absolute Gasteiger partial charge is 0.357 e. The molecule has 0 saturated heterocycles. The number of hydrogen-bond donors (Lipinski definition) is 2. The van der Waals surface area contributed by atoms with Gasteiger partial charge in [-0.2, -0.15) is 5.10 Å².